The molecule has 4 aromatic rings. The maximum absolute atomic E-state index is 14.4. The molecular weight excluding hydrogens is 650 g/mol. The molecule has 4 heterocycles. The molecule has 0 unspecified atom stereocenters. The van der Waals surface area contributed by atoms with Crippen LogP contribution in [0.5, 0.6) is 0 Å². The van der Waals surface area contributed by atoms with Crippen LogP contribution < -0.4 is 16.0 Å². The molecule has 0 bridgehead atoms. The van der Waals surface area contributed by atoms with Gasteiger partial charge in [-0.3, -0.25) is 14.5 Å². The van der Waals surface area contributed by atoms with E-state index in [2.05, 4.69) is 66.0 Å². The van der Waals surface area contributed by atoms with E-state index in [1.165, 1.54) is 61.7 Å². The van der Waals surface area contributed by atoms with Crippen molar-refractivity contribution in [3.8, 4) is 11.1 Å². The van der Waals surface area contributed by atoms with Gasteiger partial charge in [0.2, 0.25) is 0 Å². The molecule has 2 amide bonds. The molecular formula is C39H46FN7O2S. The van der Waals surface area contributed by atoms with Crippen molar-refractivity contribution in [3.05, 3.63) is 93.8 Å². The highest BCUT2D eigenvalue weighted by Crippen LogP contribution is 2.28. The van der Waals surface area contributed by atoms with Gasteiger partial charge in [-0.2, -0.15) is 0 Å². The number of likely N-dealkylation sites (tertiary alicyclic amines) is 2. The molecule has 9 nitrogen and oxygen atoms in total. The topological polar surface area (TPSA) is 102 Å². The molecule has 7 rings (SSSR count). The van der Waals surface area contributed by atoms with Crippen LogP contribution in [-0.2, 0) is 6.54 Å². The Balaban J connectivity index is 0.931. The van der Waals surface area contributed by atoms with Gasteiger partial charge in [-0.25, -0.2) is 14.4 Å². The second-order valence-corrected chi connectivity index (χ2v) is 15.0. The molecule has 11 heteroatoms. The Morgan fingerprint density at radius 2 is 1.56 bits per heavy atom. The van der Waals surface area contributed by atoms with Gasteiger partial charge in [0.25, 0.3) is 11.8 Å². The fraction of sp³-hybridized carbons (Fsp3) is 0.436. The van der Waals surface area contributed by atoms with Crippen molar-refractivity contribution in [2.75, 3.05) is 31.5 Å². The summed E-state index contributed by atoms with van der Waals surface area (Å²) in [5.41, 5.74) is 4.81. The van der Waals surface area contributed by atoms with Crippen molar-refractivity contribution < 1.29 is 14.0 Å². The van der Waals surface area contributed by atoms with Gasteiger partial charge in [0.05, 0.1) is 16.8 Å². The number of aromatic nitrogens is 2. The fourth-order valence-electron chi connectivity index (χ4n) is 7.61. The summed E-state index contributed by atoms with van der Waals surface area (Å²) in [6.07, 6.45) is 9.24. The van der Waals surface area contributed by atoms with Gasteiger partial charge in [0, 0.05) is 35.7 Å². The van der Waals surface area contributed by atoms with Gasteiger partial charge in [0.1, 0.15) is 17.3 Å². The van der Waals surface area contributed by atoms with Crippen molar-refractivity contribution >= 4 is 34.7 Å². The molecule has 2 saturated heterocycles. The van der Waals surface area contributed by atoms with Crippen LogP contribution >= 0.6 is 11.3 Å². The number of pyridine rings is 1. The maximum atomic E-state index is 14.4. The number of hydrogen-bond acceptors (Lipinski definition) is 8. The molecule has 2 aromatic heterocycles. The number of thiazole rings is 1. The largest absolute Gasteiger partial charge is 0.349 e. The molecule has 0 spiro atoms. The minimum atomic E-state index is -0.575. The highest BCUT2D eigenvalue weighted by atomic mass is 32.1. The van der Waals surface area contributed by atoms with Gasteiger partial charge in [0.15, 0.2) is 0 Å². The fourth-order valence-corrected chi connectivity index (χ4v) is 8.20. The number of nitrogens with one attached hydrogen (secondary N) is 3. The van der Waals surface area contributed by atoms with E-state index in [1.807, 2.05) is 25.1 Å². The monoisotopic (exact) mass is 695 g/mol. The van der Waals surface area contributed by atoms with Crippen molar-refractivity contribution in [2.24, 2.45) is 0 Å². The van der Waals surface area contributed by atoms with Crippen LogP contribution in [0.2, 0.25) is 0 Å². The number of aryl methyl sites for hydroxylation is 1. The number of rotatable bonds is 10. The Bertz CT molecular complexity index is 1780. The van der Waals surface area contributed by atoms with Gasteiger partial charge >= 0.3 is 0 Å². The number of piperidine rings is 1. The first-order valence-electron chi connectivity index (χ1n) is 18.0. The van der Waals surface area contributed by atoms with E-state index in [9.17, 15) is 14.0 Å². The highest BCUT2D eigenvalue weighted by Gasteiger charge is 2.27. The van der Waals surface area contributed by atoms with Crippen LogP contribution in [0.1, 0.15) is 82.8 Å². The summed E-state index contributed by atoms with van der Waals surface area (Å²) in [6, 6.07) is 18.7. The Morgan fingerprint density at radius 3 is 2.24 bits per heavy atom. The summed E-state index contributed by atoms with van der Waals surface area (Å²) in [6.45, 7) is 7.72. The normalized spacial score (nSPS) is 20.4. The number of anilines is 2. The van der Waals surface area contributed by atoms with Crippen molar-refractivity contribution in [3.63, 3.8) is 0 Å². The van der Waals surface area contributed by atoms with Crippen LogP contribution in [-0.4, -0.2) is 75.9 Å². The van der Waals surface area contributed by atoms with Crippen molar-refractivity contribution in [1.29, 1.82) is 0 Å². The number of hydrogen-bond donors (Lipinski definition) is 3. The molecule has 0 radical (unpaired) electrons. The Kier molecular flexibility index (Phi) is 10.8. The number of nitrogens with zero attached hydrogens (tertiary/aromatic N) is 4. The third-order valence-corrected chi connectivity index (χ3v) is 11.2. The molecule has 3 aliphatic rings. The average molecular weight is 696 g/mol. The molecule has 2 aromatic carbocycles. The van der Waals surface area contributed by atoms with Crippen LogP contribution in [0.15, 0.2) is 66.2 Å². The first-order chi connectivity index (χ1) is 24.4. The molecule has 50 heavy (non-hydrogen) atoms. The molecule has 3 fully saturated rings. The SMILES string of the molecule is Cc1nc(C(=O)N[C@H]2CC[C@@H](NC(=O)c3cc(F)cnc3Nc3cccc(-c4ccc(CN5CCC(N6CCCC6)CC5)cc4)c3)CC2)cs1. The molecule has 262 valence electrons. The van der Waals surface area contributed by atoms with Crippen LogP contribution in [0.25, 0.3) is 11.1 Å². The molecule has 1 saturated carbocycles. The molecule has 0 atom stereocenters. The van der Waals surface area contributed by atoms with E-state index in [4.69, 9.17) is 0 Å². The zero-order chi connectivity index (χ0) is 34.5. The maximum Gasteiger partial charge on any atom is 0.270 e. The van der Waals surface area contributed by atoms with E-state index in [1.54, 1.807) is 5.38 Å². The van der Waals surface area contributed by atoms with Gasteiger partial charge < -0.3 is 20.9 Å². The number of amides is 2. The molecule has 2 aliphatic heterocycles. The first-order valence-corrected chi connectivity index (χ1v) is 18.9. The summed E-state index contributed by atoms with van der Waals surface area (Å²) in [4.78, 5) is 39.7. The molecule has 3 N–H and O–H groups in total. The summed E-state index contributed by atoms with van der Waals surface area (Å²) in [5, 5.41) is 12.0. The summed E-state index contributed by atoms with van der Waals surface area (Å²) < 4.78 is 14.4. The van der Waals surface area contributed by atoms with Crippen molar-refractivity contribution in [2.45, 2.75) is 83.0 Å². The highest BCUT2D eigenvalue weighted by molar-refractivity contribution is 7.09. The first kappa shape index (κ1) is 34.3. The minimum Gasteiger partial charge on any atom is -0.349 e. The third kappa shape index (κ3) is 8.57. The lowest BCUT2D eigenvalue weighted by atomic mass is 9.91. The summed E-state index contributed by atoms with van der Waals surface area (Å²) >= 11 is 1.45. The lowest BCUT2D eigenvalue weighted by Gasteiger charge is -2.36. The van der Waals surface area contributed by atoms with Gasteiger partial charge in [-0.15, -0.1) is 11.3 Å². The smallest absolute Gasteiger partial charge is 0.270 e. The van der Waals surface area contributed by atoms with Gasteiger partial charge in [-0.05, 0) is 119 Å². The third-order valence-electron chi connectivity index (χ3n) is 10.4. The standard InChI is InChI=1S/C39H46FN7O2S/c1-26-42-36(25-50-26)39(49)45-32-13-11-31(12-14-32)44-38(48)35-22-30(40)23-41-37(35)43-33-6-4-5-29(21-33)28-9-7-27(8-10-28)24-46-19-15-34(16-20-46)47-17-2-3-18-47/h4-10,21-23,25,31-32,34H,2-3,11-20,24H2,1H3,(H,41,43)(H,44,48)(H,45,49)/t31-,32+. The number of benzene rings is 2. The Morgan fingerprint density at radius 1 is 0.860 bits per heavy atom. The number of carbonyl (C=O) groups is 2. The van der Waals surface area contributed by atoms with E-state index in [0.717, 1.165) is 66.5 Å². The number of halogens is 1. The van der Waals surface area contributed by atoms with Crippen LogP contribution in [0.3, 0.4) is 0 Å². The van der Waals surface area contributed by atoms with E-state index in [0.29, 0.717) is 24.4 Å². The zero-order valence-electron chi connectivity index (χ0n) is 28.7. The minimum absolute atomic E-state index is 0.0245. The molecule has 1 aliphatic carbocycles. The van der Waals surface area contributed by atoms with Crippen LogP contribution in [0, 0.1) is 12.7 Å². The predicted molar refractivity (Wildman–Crippen MR) is 196 cm³/mol. The Labute approximate surface area is 297 Å². The second kappa shape index (κ2) is 15.8. The zero-order valence-corrected chi connectivity index (χ0v) is 29.5. The lowest BCUT2D eigenvalue weighted by Crippen LogP contribution is -2.44. The van der Waals surface area contributed by atoms with Gasteiger partial charge in [-0.1, -0.05) is 36.4 Å². The lowest BCUT2D eigenvalue weighted by molar-refractivity contribution is 0.0889. The van der Waals surface area contributed by atoms with Crippen LogP contribution in [0.4, 0.5) is 15.9 Å². The predicted octanol–water partition coefficient (Wildman–Crippen LogP) is 6.93. The summed E-state index contributed by atoms with van der Waals surface area (Å²) in [7, 11) is 0. The van der Waals surface area contributed by atoms with Crippen molar-refractivity contribution in [1.82, 2.24) is 30.4 Å². The quantitative estimate of drug-likeness (QED) is 0.166. The van der Waals surface area contributed by atoms with E-state index < -0.39 is 5.82 Å². The average Bonchev–Trinajstić information content (AvgIpc) is 3.83. The summed E-state index contributed by atoms with van der Waals surface area (Å²) in [5.74, 6) is -0.821. The van der Waals surface area contributed by atoms with E-state index >= 15 is 0 Å². The Hall–Kier alpha value is -4.19. The van der Waals surface area contributed by atoms with E-state index in [-0.39, 0.29) is 29.5 Å². The number of carbonyl (C=O) groups excluding carboxylic acids is 2. The second-order valence-electron chi connectivity index (χ2n) is 14.0.